The Balaban J connectivity index is 1.26. The monoisotopic (exact) mass is 487 g/mol. The molecule has 0 aliphatic heterocycles. The van der Waals surface area contributed by atoms with Gasteiger partial charge in [-0.25, -0.2) is 4.79 Å². The number of aromatic nitrogens is 3. The highest BCUT2D eigenvalue weighted by molar-refractivity contribution is 5.68. The van der Waals surface area contributed by atoms with E-state index >= 15 is 0 Å². The first-order valence-electron chi connectivity index (χ1n) is 11.8. The number of nitrogens with zero attached hydrogens (tertiary/aromatic N) is 4. The number of benzene rings is 1. The summed E-state index contributed by atoms with van der Waals surface area (Å²) in [4.78, 5) is 27.4. The molecule has 1 aliphatic rings. The van der Waals surface area contributed by atoms with Crippen molar-refractivity contribution in [3.63, 3.8) is 0 Å². The van der Waals surface area contributed by atoms with Gasteiger partial charge in [-0.1, -0.05) is 19.1 Å². The van der Waals surface area contributed by atoms with Gasteiger partial charge in [-0.15, -0.1) is 6.57 Å². The zero-order chi connectivity index (χ0) is 25.7. The fraction of sp³-hybridized carbons (Fsp3) is 0.370. The van der Waals surface area contributed by atoms with E-state index in [0.29, 0.717) is 17.2 Å². The number of alkyl carbamates (subject to hydrolysis) is 1. The number of hydrogen-bond donors (Lipinski definition) is 1. The normalized spacial score (nSPS) is 17.8. The van der Waals surface area contributed by atoms with Gasteiger partial charge in [0, 0.05) is 30.5 Å². The number of nitrogens with one attached hydrogen (secondary N) is 1. The number of rotatable bonds is 7. The second kappa shape index (κ2) is 10.6. The first-order valence-corrected chi connectivity index (χ1v) is 11.8. The summed E-state index contributed by atoms with van der Waals surface area (Å²) in [6, 6.07) is 11.7. The quantitative estimate of drug-likeness (QED) is 0.420. The van der Waals surface area contributed by atoms with Gasteiger partial charge in [-0.05, 0) is 50.6 Å². The van der Waals surface area contributed by atoms with Crippen molar-refractivity contribution in [3.8, 4) is 17.2 Å². The number of amides is 1. The van der Waals surface area contributed by atoms with Crippen LogP contribution in [-0.4, -0.2) is 38.8 Å². The van der Waals surface area contributed by atoms with Crippen LogP contribution in [-0.2, 0) is 4.74 Å². The van der Waals surface area contributed by atoms with E-state index in [-0.39, 0.29) is 24.0 Å². The summed E-state index contributed by atoms with van der Waals surface area (Å²) >= 11 is 0. The van der Waals surface area contributed by atoms with E-state index in [0.717, 1.165) is 24.1 Å². The Morgan fingerprint density at radius 2 is 1.64 bits per heavy atom. The van der Waals surface area contributed by atoms with Crippen LogP contribution in [0.15, 0.2) is 55.0 Å². The average Bonchev–Trinajstić information content (AvgIpc) is 2.82. The molecule has 1 aromatic carbocycles. The second-order valence-electron chi connectivity index (χ2n) is 9.70. The van der Waals surface area contributed by atoms with Gasteiger partial charge in [0.2, 0.25) is 0 Å². The second-order valence-corrected chi connectivity index (χ2v) is 9.70. The summed E-state index contributed by atoms with van der Waals surface area (Å²) < 4.78 is 17.0. The zero-order valence-corrected chi connectivity index (χ0v) is 20.8. The van der Waals surface area contributed by atoms with Crippen LogP contribution in [0.4, 0.5) is 10.7 Å². The molecule has 0 saturated heterocycles. The Hall–Kier alpha value is -4.19. The van der Waals surface area contributed by atoms with Crippen molar-refractivity contribution in [1.29, 1.82) is 0 Å². The van der Waals surface area contributed by atoms with Gasteiger partial charge in [0.1, 0.15) is 35.6 Å². The van der Waals surface area contributed by atoms with Gasteiger partial charge < -0.3 is 24.4 Å². The standard InChI is InChI=1S/C27H29N5O4/c1-17(18-6-8-20(9-7-18)34-23-15-30-25(28-5)31-16-23)24-11-10-21(14-29-24)35-22-12-19(13-22)32-26(33)36-27(2,3)4/h6-11,14-17,19,22H,12-13H2,1-4H3,(H,32,33). The van der Waals surface area contributed by atoms with E-state index in [2.05, 4.69) is 32.0 Å². The van der Waals surface area contributed by atoms with Crippen molar-refractivity contribution in [2.75, 3.05) is 0 Å². The summed E-state index contributed by atoms with van der Waals surface area (Å²) in [5.41, 5.74) is 1.52. The maximum absolute atomic E-state index is 11.9. The molecule has 1 amide bonds. The van der Waals surface area contributed by atoms with Crippen LogP contribution in [0.25, 0.3) is 4.85 Å². The average molecular weight is 488 g/mol. The molecule has 4 rings (SSSR count). The highest BCUT2D eigenvalue weighted by atomic mass is 16.6. The van der Waals surface area contributed by atoms with Crippen molar-refractivity contribution in [2.24, 2.45) is 0 Å². The van der Waals surface area contributed by atoms with Gasteiger partial charge in [0.25, 0.3) is 0 Å². The van der Waals surface area contributed by atoms with Crippen LogP contribution in [0.5, 0.6) is 17.2 Å². The van der Waals surface area contributed by atoms with E-state index in [4.69, 9.17) is 20.8 Å². The van der Waals surface area contributed by atoms with E-state index in [1.165, 1.54) is 12.4 Å². The van der Waals surface area contributed by atoms with Gasteiger partial charge in [0.15, 0.2) is 5.75 Å². The van der Waals surface area contributed by atoms with E-state index < -0.39 is 11.7 Å². The number of carbonyl (C=O) groups is 1. The van der Waals surface area contributed by atoms with Crippen LogP contribution >= 0.6 is 0 Å². The molecule has 36 heavy (non-hydrogen) atoms. The lowest BCUT2D eigenvalue weighted by molar-refractivity contribution is 0.0362. The molecule has 1 unspecified atom stereocenters. The highest BCUT2D eigenvalue weighted by Crippen LogP contribution is 2.29. The molecule has 1 aliphatic carbocycles. The molecule has 1 atom stereocenters. The molecule has 3 aromatic rings. The van der Waals surface area contributed by atoms with Crippen LogP contribution in [0.1, 0.15) is 57.7 Å². The van der Waals surface area contributed by atoms with Crippen molar-refractivity contribution < 1.29 is 19.0 Å². The highest BCUT2D eigenvalue weighted by Gasteiger charge is 2.33. The Bertz CT molecular complexity index is 1210. The SMILES string of the molecule is [C-]#[N+]c1ncc(Oc2ccc(C(C)c3ccc(OC4CC(NC(=O)OC(C)(C)C)C4)cn3)cc2)cn1. The number of carbonyl (C=O) groups excluding carboxylic acids is 1. The number of hydrogen-bond acceptors (Lipinski definition) is 7. The predicted octanol–water partition coefficient (Wildman–Crippen LogP) is 5.80. The summed E-state index contributed by atoms with van der Waals surface area (Å²) in [5.74, 6) is 2.01. The third-order valence-electron chi connectivity index (χ3n) is 5.65. The number of ether oxygens (including phenoxy) is 3. The third kappa shape index (κ3) is 6.69. The zero-order valence-electron chi connectivity index (χ0n) is 20.8. The molecule has 1 fully saturated rings. The van der Waals surface area contributed by atoms with Gasteiger partial charge in [-0.2, -0.15) is 9.97 Å². The lowest BCUT2D eigenvalue weighted by atomic mass is 9.89. The van der Waals surface area contributed by atoms with Crippen LogP contribution in [0.2, 0.25) is 0 Å². The summed E-state index contributed by atoms with van der Waals surface area (Å²) in [7, 11) is 0. The minimum atomic E-state index is -0.507. The van der Waals surface area contributed by atoms with Gasteiger partial charge in [0.05, 0.1) is 6.20 Å². The molecule has 186 valence electrons. The topological polar surface area (TPSA) is 99.8 Å². The summed E-state index contributed by atoms with van der Waals surface area (Å²) in [5, 5.41) is 2.87. The lowest BCUT2D eigenvalue weighted by Gasteiger charge is -2.36. The fourth-order valence-corrected chi connectivity index (χ4v) is 3.72. The Morgan fingerprint density at radius 1 is 1.00 bits per heavy atom. The predicted molar refractivity (Wildman–Crippen MR) is 133 cm³/mol. The van der Waals surface area contributed by atoms with Crippen molar-refractivity contribution in [1.82, 2.24) is 20.3 Å². The summed E-state index contributed by atoms with van der Waals surface area (Å²) in [6.45, 7) is 14.5. The van der Waals surface area contributed by atoms with Crippen LogP contribution < -0.4 is 14.8 Å². The molecule has 9 nitrogen and oxygen atoms in total. The molecular formula is C27H29N5O4. The van der Waals surface area contributed by atoms with Crippen LogP contribution in [0.3, 0.4) is 0 Å². The molecule has 0 radical (unpaired) electrons. The molecular weight excluding hydrogens is 458 g/mol. The maximum Gasteiger partial charge on any atom is 0.407 e. The van der Waals surface area contributed by atoms with Crippen molar-refractivity contribution >= 4 is 12.0 Å². The maximum atomic E-state index is 11.9. The largest absolute Gasteiger partial charge is 0.489 e. The Labute approximate surface area is 210 Å². The van der Waals surface area contributed by atoms with Gasteiger partial charge in [-0.3, -0.25) is 4.98 Å². The van der Waals surface area contributed by atoms with Crippen molar-refractivity contribution in [2.45, 2.75) is 64.2 Å². The Kier molecular flexibility index (Phi) is 7.34. The first-order chi connectivity index (χ1) is 17.2. The smallest absolute Gasteiger partial charge is 0.407 e. The van der Waals surface area contributed by atoms with E-state index in [1.54, 1.807) is 6.20 Å². The minimum absolute atomic E-state index is 0.0468. The van der Waals surface area contributed by atoms with Crippen molar-refractivity contribution in [3.05, 3.63) is 77.7 Å². The minimum Gasteiger partial charge on any atom is -0.489 e. The lowest BCUT2D eigenvalue weighted by Crippen LogP contribution is -2.50. The van der Waals surface area contributed by atoms with E-state index in [9.17, 15) is 4.79 Å². The third-order valence-corrected chi connectivity index (χ3v) is 5.65. The molecule has 2 aromatic heterocycles. The molecule has 9 heteroatoms. The van der Waals surface area contributed by atoms with E-state index in [1.807, 2.05) is 57.2 Å². The first kappa shape index (κ1) is 24.9. The molecule has 1 N–H and O–H groups in total. The summed E-state index contributed by atoms with van der Waals surface area (Å²) in [6.07, 6.45) is 5.83. The molecule has 2 heterocycles. The molecule has 1 saturated carbocycles. The number of pyridine rings is 1. The van der Waals surface area contributed by atoms with Crippen LogP contribution in [0, 0.1) is 6.57 Å². The van der Waals surface area contributed by atoms with Gasteiger partial charge >= 0.3 is 12.0 Å². The molecule has 0 bridgehead atoms. The Morgan fingerprint density at radius 3 is 2.22 bits per heavy atom. The molecule has 0 spiro atoms. The fourth-order valence-electron chi connectivity index (χ4n) is 3.72.